The maximum Gasteiger partial charge on any atom is 0.254 e. The fourth-order valence-corrected chi connectivity index (χ4v) is 2.33. The van der Waals surface area contributed by atoms with Crippen LogP contribution in [-0.2, 0) is 11.2 Å². The molecule has 2 rings (SSSR count). The lowest BCUT2D eigenvalue weighted by molar-refractivity contribution is -0.118. The highest BCUT2D eigenvalue weighted by atomic mass is 19.1. The third kappa shape index (κ3) is 3.63. The molecular formula is C16H19FN2O3. The third-order valence-corrected chi connectivity index (χ3v) is 3.62. The van der Waals surface area contributed by atoms with Crippen LogP contribution >= 0.6 is 0 Å². The lowest BCUT2D eigenvalue weighted by Gasteiger charge is -2.27. The summed E-state index contributed by atoms with van der Waals surface area (Å²) in [7, 11) is 0. The molecule has 0 spiro atoms. The molecule has 1 aromatic carbocycles. The summed E-state index contributed by atoms with van der Waals surface area (Å²) in [4.78, 5) is 24.6. The van der Waals surface area contributed by atoms with Gasteiger partial charge in [0, 0.05) is 12.1 Å². The van der Waals surface area contributed by atoms with E-state index in [9.17, 15) is 14.0 Å². The van der Waals surface area contributed by atoms with Crippen molar-refractivity contribution in [3.8, 4) is 5.75 Å². The Morgan fingerprint density at radius 2 is 2.27 bits per heavy atom. The first-order valence-corrected chi connectivity index (χ1v) is 7.16. The average molecular weight is 306 g/mol. The number of primary amides is 1. The summed E-state index contributed by atoms with van der Waals surface area (Å²) in [5.41, 5.74) is 7.12. The van der Waals surface area contributed by atoms with Gasteiger partial charge in [0.05, 0.1) is 12.9 Å². The molecule has 0 fully saturated rings. The van der Waals surface area contributed by atoms with E-state index in [0.717, 1.165) is 5.56 Å². The summed E-state index contributed by atoms with van der Waals surface area (Å²) in [5.74, 6) is -0.130. The zero-order valence-corrected chi connectivity index (χ0v) is 12.5. The first kappa shape index (κ1) is 16.0. The van der Waals surface area contributed by atoms with Crippen LogP contribution in [0.3, 0.4) is 0 Å². The number of benzene rings is 1. The Labute approximate surface area is 128 Å². The van der Waals surface area contributed by atoms with Crippen LogP contribution in [0.2, 0.25) is 0 Å². The lowest BCUT2D eigenvalue weighted by Crippen LogP contribution is -2.42. The molecule has 0 aromatic heterocycles. The molecule has 2 amide bonds. The van der Waals surface area contributed by atoms with Crippen molar-refractivity contribution in [1.29, 1.82) is 0 Å². The van der Waals surface area contributed by atoms with E-state index in [1.54, 1.807) is 18.2 Å². The third-order valence-electron chi connectivity index (χ3n) is 3.62. The number of rotatable bonds is 6. The number of carbonyl (C=O) groups excluding carboxylic acids is 2. The van der Waals surface area contributed by atoms with Crippen LogP contribution in [0.5, 0.6) is 5.75 Å². The fourth-order valence-electron chi connectivity index (χ4n) is 2.33. The second-order valence-corrected chi connectivity index (χ2v) is 5.17. The number of hydrogen-bond donors (Lipinski definition) is 1. The van der Waals surface area contributed by atoms with Crippen LogP contribution < -0.4 is 10.5 Å². The number of carbonyl (C=O) groups is 2. The number of hydrogen-bond acceptors (Lipinski definition) is 3. The molecule has 1 aliphatic heterocycles. The van der Waals surface area contributed by atoms with Gasteiger partial charge in [0.2, 0.25) is 5.91 Å². The molecule has 0 saturated heterocycles. The molecule has 0 atom stereocenters. The monoisotopic (exact) mass is 306 g/mol. The van der Waals surface area contributed by atoms with Gasteiger partial charge in [-0.3, -0.25) is 9.59 Å². The Kier molecular flexibility index (Phi) is 5.14. The Bertz CT molecular complexity index is 613. The molecule has 118 valence electrons. The van der Waals surface area contributed by atoms with E-state index in [-0.39, 0.29) is 19.1 Å². The molecule has 0 aliphatic carbocycles. The predicted octanol–water partition coefficient (Wildman–Crippen LogP) is 1.81. The summed E-state index contributed by atoms with van der Waals surface area (Å²) in [6.45, 7) is 2.42. The van der Waals surface area contributed by atoms with E-state index in [2.05, 4.69) is 0 Å². The average Bonchev–Trinajstić information content (AvgIpc) is 2.51. The maximum atomic E-state index is 12.5. The van der Waals surface area contributed by atoms with E-state index >= 15 is 0 Å². The zero-order valence-electron chi connectivity index (χ0n) is 12.5. The molecule has 6 heteroatoms. The van der Waals surface area contributed by atoms with E-state index in [0.29, 0.717) is 42.6 Å². The Morgan fingerprint density at radius 3 is 2.91 bits per heavy atom. The van der Waals surface area contributed by atoms with Crippen LogP contribution in [-0.4, -0.2) is 36.4 Å². The van der Waals surface area contributed by atoms with Gasteiger partial charge in [0.25, 0.3) is 5.91 Å². The Hall–Kier alpha value is -2.37. The SMILES string of the molecule is CC/C(=C\F)COc1ccc2c(c1)CCN(CC(N)=O)C2=O. The van der Waals surface area contributed by atoms with Crippen LogP contribution in [0.25, 0.3) is 0 Å². The van der Waals surface area contributed by atoms with E-state index in [1.807, 2.05) is 6.92 Å². The minimum atomic E-state index is -0.526. The maximum absolute atomic E-state index is 12.5. The number of amides is 2. The Morgan fingerprint density at radius 1 is 1.50 bits per heavy atom. The van der Waals surface area contributed by atoms with Crippen LogP contribution in [0, 0.1) is 0 Å². The predicted molar refractivity (Wildman–Crippen MR) is 80.2 cm³/mol. The van der Waals surface area contributed by atoms with E-state index in [4.69, 9.17) is 10.5 Å². The molecule has 0 saturated carbocycles. The van der Waals surface area contributed by atoms with Gasteiger partial charge in [-0.05, 0) is 42.2 Å². The van der Waals surface area contributed by atoms with Gasteiger partial charge in [-0.2, -0.15) is 0 Å². The van der Waals surface area contributed by atoms with Crippen molar-refractivity contribution in [2.24, 2.45) is 5.73 Å². The first-order valence-electron chi connectivity index (χ1n) is 7.16. The van der Waals surface area contributed by atoms with Crippen molar-refractivity contribution in [3.05, 3.63) is 41.2 Å². The summed E-state index contributed by atoms with van der Waals surface area (Å²) in [6, 6.07) is 5.14. The molecule has 0 bridgehead atoms. The van der Waals surface area contributed by atoms with Gasteiger partial charge in [-0.1, -0.05) is 6.92 Å². The molecule has 1 heterocycles. The standard InChI is InChI=1S/C16H19FN2O3/c1-2-11(8-17)10-22-13-3-4-14-12(7-13)5-6-19(16(14)21)9-15(18)20/h3-4,7-8H,2,5-6,9-10H2,1H3,(H2,18,20)/b11-8+. The minimum absolute atomic E-state index is 0.0717. The van der Waals surface area contributed by atoms with Gasteiger partial charge in [0.15, 0.2) is 0 Å². The normalized spacial score (nSPS) is 14.7. The topological polar surface area (TPSA) is 72.6 Å². The quantitative estimate of drug-likeness (QED) is 0.871. The van der Waals surface area contributed by atoms with Gasteiger partial charge in [-0.15, -0.1) is 0 Å². The molecular weight excluding hydrogens is 287 g/mol. The zero-order chi connectivity index (χ0) is 16.1. The van der Waals surface area contributed by atoms with E-state index in [1.165, 1.54) is 4.90 Å². The van der Waals surface area contributed by atoms with Gasteiger partial charge < -0.3 is 15.4 Å². The highest BCUT2D eigenvalue weighted by Crippen LogP contribution is 2.24. The first-order chi connectivity index (χ1) is 10.5. The smallest absolute Gasteiger partial charge is 0.254 e. The lowest BCUT2D eigenvalue weighted by atomic mass is 9.98. The van der Waals surface area contributed by atoms with Crippen molar-refractivity contribution in [2.45, 2.75) is 19.8 Å². The van der Waals surface area contributed by atoms with E-state index < -0.39 is 5.91 Å². The molecule has 0 unspecified atom stereocenters. The minimum Gasteiger partial charge on any atom is -0.489 e. The molecule has 1 aliphatic rings. The Balaban J connectivity index is 2.10. The second kappa shape index (κ2) is 7.06. The van der Waals surface area contributed by atoms with Crippen molar-refractivity contribution in [3.63, 3.8) is 0 Å². The molecule has 0 radical (unpaired) electrons. The second-order valence-electron chi connectivity index (χ2n) is 5.17. The molecule has 5 nitrogen and oxygen atoms in total. The summed E-state index contributed by atoms with van der Waals surface area (Å²) >= 11 is 0. The number of nitrogens with two attached hydrogens (primary N) is 1. The van der Waals surface area contributed by atoms with Crippen molar-refractivity contribution in [2.75, 3.05) is 19.7 Å². The number of fused-ring (bicyclic) bond motifs is 1. The highest BCUT2D eigenvalue weighted by Gasteiger charge is 2.25. The largest absolute Gasteiger partial charge is 0.489 e. The summed E-state index contributed by atoms with van der Waals surface area (Å²) < 4.78 is 18.0. The van der Waals surface area contributed by atoms with Crippen LogP contribution in [0.1, 0.15) is 29.3 Å². The van der Waals surface area contributed by atoms with Crippen molar-refractivity contribution in [1.82, 2.24) is 4.90 Å². The number of halogens is 1. The van der Waals surface area contributed by atoms with Gasteiger partial charge >= 0.3 is 0 Å². The number of nitrogens with zero attached hydrogens (tertiary/aromatic N) is 1. The molecule has 1 aromatic rings. The fraction of sp³-hybridized carbons (Fsp3) is 0.375. The van der Waals surface area contributed by atoms with Crippen molar-refractivity contribution >= 4 is 11.8 Å². The van der Waals surface area contributed by atoms with Gasteiger partial charge in [0.1, 0.15) is 12.4 Å². The van der Waals surface area contributed by atoms with Crippen LogP contribution in [0.15, 0.2) is 30.1 Å². The van der Waals surface area contributed by atoms with Crippen LogP contribution in [0.4, 0.5) is 4.39 Å². The summed E-state index contributed by atoms with van der Waals surface area (Å²) in [5, 5.41) is 0. The van der Waals surface area contributed by atoms with Gasteiger partial charge in [-0.25, -0.2) is 4.39 Å². The molecule has 2 N–H and O–H groups in total. The number of ether oxygens (including phenoxy) is 1. The highest BCUT2D eigenvalue weighted by molar-refractivity contribution is 5.98. The molecule has 22 heavy (non-hydrogen) atoms. The summed E-state index contributed by atoms with van der Waals surface area (Å²) in [6.07, 6.45) is 1.77. The van der Waals surface area contributed by atoms with Crippen molar-refractivity contribution < 1.29 is 18.7 Å².